The first kappa shape index (κ1) is 21.1. The van der Waals surface area contributed by atoms with E-state index in [0.717, 1.165) is 35.7 Å². The van der Waals surface area contributed by atoms with Gasteiger partial charge in [-0.05, 0) is 42.3 Å². The Bertz CT molecular complexity index is 1270. The number of hydrogen-bond donors (Lipinski definition) is 1. The zero-order valence-corrected chi connectivity index (χ0v) is 19.2. The molecule has 168 valence electrons. The number of hydrogen-bond acceptors (Lipinski definition) is 3. The summed E-state index contributed by atoms with van der Waals surface area (Å²) in [6.07, 6.45) is 0. The van der Waals surface area contributed by atoms with Gasteiger partial charge in [-0.1, -0.05) is 60.7 Å². The zero-order valence-electron chi connectivity index (χ0n) is 19.2. The molecule has 0 bridgehead atoms. The highest BCUT2D eigenvalue weighted by Gasteiger charge is 2.25. The Kier molecular flexibility index (Phi) is 5.73. The lowest BCUT2D eigenvalue weighted by atomic mass is 10.0. The lowest BCUT2D eigenvalue weighted by Crippen LogP contribution is -2.52. The Balaban J connectivity index is 1.22. The summed E-state index contributed by atoms with van der Waals surface area (Å²) >= 11 is 0. The molecule has 0 radical (unpaired) electrons. The highest BCUT2D eigenvalue weighted by molar-refractivity contribution is 5.86. The molecule has 2 heterocycles. The number of nitrogens with one attached hydrogen (secondary N) is 1. The highest BCUT2D eigenvalue weighted by atomic mass is 16.2. The number of carbonyl (C=O) groups is 1. The summed E-state index contributed by atoms with van der Waals surface area (Å²) in [4.78, 5) is 17.1. The van der Waals surface area contributed by atoms with Crippen LogP contribution < -0.4 is 10.2 Å². The number of benzene rings is 3. The Labute approximate surface area is 194 Å². The van der Waals surface area contributed by atoms with Crippen LogP contribution in [0.3, 0.4) is 0 Å². The molecule has 6 nitrogen and oxygen atoms in total. The van der Waals surface area contributed by atoms with Gasteiger partial charge in [0.15, 0.2) is 0 Å². The first-order chi connectivity index (χ1) is 16.1. The van der Waals surface area contributed by atoms with Gasteiger partial charge in [0.2, 0.25) is 0 Å². The summed E-state index contributed by atoms with van der Waals surface area (Å²) in [6, 6.07) is 24.7. The summed E-state index contributed by atoms with van der Waals surface area (Å²) in [5.41, 5.74) is 5.53. The third kappa shape index (κ3) is 4.16. The normalized spacial score (nSPS) is 14.0. The fraction of sp³-hybridized carbons (Fsp3) is 0.259. The van der Waals surface area contributed by atoms with E-state index in [1.54, 1.807) is 0 Å². The fourth-order valence-electron chi connectivity index (χ4n) is 4.78. The molecule has 2 amide bonds. The molecule has 0 unspecified atom stereocenters. The number of aryl methyl sites for hydroxylation is 1. The third-order valence-corrected chi connectivity index (χ3v) is 6.45. The minimum absolute atomic E-state index is 0.00370. The molecule has 5 rings (SSSR count). The van der Waals surface area contributed by atoms with Gasteiger partial charge in [-0.25, -0.2) is 9.48 Å². The molecular weight excluding hydrogens is 410 g/mol. The molecule has 1 saturated heterocycles. The summed E-state index contributed by atoms with van der Waals surface area (Å²) < 4.78 is 2.01. The van der Waals surface area contributed by atoms with Gasteiger partial charge in [-0.2, -0.15) is 5.10 Å². The second-order valence-electron chi connectivity index (χ2n) is 8.54. The molecule has 0 aliphatic carbocycles. The SMILES string of the molecule is Cc1nn(-c2ccccc2)c(C)c1N1CCN(C(=O)NCc2cccc3ccccc23)CC1. The average molecular weight is 440 g/mol. The Hall–Kier alpha value is -3.80. The predicted octanol–water partition coefficient (Wildman–Crippen LogP) is 4.67. The Morgan fingerprint density at radius 2 is 1.58 bits per heavy atom. The van der Waals surface area contributed by atoms with Crippen molar-refractivity contribution in [2.75, 3.05) is 31.1 Å². The van der Waals surface area contributed by atoms with Crippen LogP contribution in [0.5, 0.6) is 0 Å². The van der Waals surface area contributed by atoms with E-state index >= 15 is 0 Å². The van der Waals surface area contributed by atoms with Gasteiger partial charge in [0.05, 0.1) is 22.8 Å². The smallest absolute Gasteiger partial charge is 0.317 e. The summed E-state index contributed by atoms with van der Waals surface area (Å²) in [5.74, 6) is 0. The van der Waals surface area contributed by atoms with Crippen molar-refractivity contribution in [2.45, 2.75) is 20.4 Å². The molecule has 0 saturated carbocycles. The van der Waals surface area contributed by atoms with Crippen molar-refractivity contribution in [1.29, 1.82) is 0 Å². The van der Waals surface area contributed by atoms with E-state index in [-0.39, 0.29) is 6.03 Å². The number of nitrogens with zero attached hydrogens (tertiary/aromatic N) is 4. The fourth-order valence-corrected chi connectivity index (χ4v) is 4.78. The van der Waals surface area contributed by atoms with E-state index in [9.17, 15) is 4.79 Å². The van der Waals surface area contributed by atoms with Gasteiger partial charge >= 0.3 is 6.03 Å². The lowest BCUT2D eigenvalue weighted by Gasteiger charge is -2.36. The molecule has 6 heteroatoms. The molecule has 1 fully saturated rings. The number of carbonyl (C=O) groups excluding carboxylic acids is 1. The summed E-state index contributed by atoms with van der Waals surface area (Å²) in [7, 11) is 0. The van der Waals surface area contributed by atoms with Crippen LogP contribution in [0.4, 0.5) is 10.5 Å². The van der Waals surface area contributed by atoms with Gasteiger partial charge in [0.1, 0.15) is 0 Å². The molecule has 4 aromatic rings. The van der Waals surface area contributed by atoms with Crippen LogP contribution in [0, 0.1) is 13.8 Å². The largest absolute Gasteiger partial charge is 0.365 e. The Morgan fingerprint density at radius 3 is 2.36 bits per heavy atom. The number of aromatic nitrogens is 2. The number of rotatable bonds is 4. The van der Waals surface area contributed by atoms with Crippen molar-refractivity contribution < 1.29 is 4.79 Å². The van der Waals surface area contributed by atoms with Crippen molar-refractivity contribution in [3.8, 4) is 5.69 Å². The zero-order chi connectivity index (χ0) is 22.8. The van der Waals surface area contributed by atoms with E-state index < -0.39 is 0 Å². The number of para-hydroxylation sites is 1. The molecule has 1 N–H and O–H groups in total. The number of urea groups is 1. The Morgan fingerprint density at radius 1 is 0.879 bits per heavy atom. The van der Waals surface area contributed by atoms with Crippen molar-refractivity contribution in [3.63, 3.8) is 0 Å². The molecule has 0 atom stereocenters. The molecule has 0 spiro atoms. The van der Waals surface area contributed by atoms with E-state index in [4.69, 9.17) is 5.10 Å². The molecule has 1 aromatic heterocycles. The van der Waals surface area contributed by atoms with Gasteiger partial charge < -0.3 is 15.1 Å². The average Bonchev–Trinajstić information content (AvgIpc) is 3.16. The molecule has 1 aliphatic rings. The maximum atomic E-state index is 12.9. The number of fused-ring (bicyclic) bond motifs is 1. The van der Waals surface area contributed by atoms with Gasteiger partial charge in [-0.15, -0.1) is 0 Å². The summed E-state index contributed by atoms with van der Waals surface area (Å²) in [6.45, 7) is 7.68. The topological polar surface area (TPSA) is 53.4 Å². The van der Waals surface area contributed by atoms with Crippen LogP contribution in [0.2, 0.25) is 0 Å². The monoisotopic (exact) mass is 439 g/mol. The van der Waals surface area contributed by atoms with Crippen molar-refractivity contribution >= 4 is 22.5 Å². The van der Waals surface area contributed by atoms with Crippen LogP contribution in [-0.4, -0.2) is 46.9 Å². The van der Waals surface area contributed by atoms with Crippen molar-refractivity contribution in [2.24, 2.45) is 0 Å². The number of anilines is 1. The molecule has 1 aliphatic heterocycles. The number of piperazine rings is 1. The van der Waals surface area contributed by atoms with Gasteiger partial charge in [-0.3, -0.25) is 0 Å². The predicted molar refractivity (Wildman–Crippen MR) is 133 cm³/mol. The summed E-state index contributed by atoms with van der Waals surface area (Å²) in [5, 5.41) is 10.3. The molecule has 3 aromatic carbocycles. The van der Waals surface area contributed by atoms with E-state index in [2.05, 4.69) is 60.5 Å². The van der Waals surface area contributed by atoms with Crippen molar-refractivity contribution in [3.05, 3.63) is 89.7 Å². The van der Waals surface area contributed by atoms with Gasteiger partial charge in [0.25, 0.3) is 0 Å². The van der Waals surface area contributed by atoms with E-state index in [1.807, 2.05) is 46.0 Å². The van der Waals surface area contributed by atoms with Crippen LogP contribution >= 0.6 is 0 Å². The number of amides is 2. The molecule has 33 heavy (non-hydrogen) atoms. The maximum Gasteiger partial charge on any atom is 0.317 e. The minimum atomic E-state index is -0.00370. The first-order valence-corrected chi connectivity index (χ1v) is 11.5. The quantitative estimate of drug-likeness (QED) is 0.503. The minimum Gasteiger partial charge on any atom is -0.365 e. The third-order valence-electron chi connectivity index (χ3n) is 6.45. The van der Waals surface area contributed by atoms with Crippen LogP contribution in [-0.2, 0) is 6.54 Å². The maximum absolute atomic E-state index is 12.9. The molecular formula is C27H29N5O. The van der Waals surface area contributed by atoms with E-state index in [0.29, 0.717) is 19.6 Å². The second kappa shape index (κ2) is 8.98. The lowest BCUT2D eigenvalue weighted by molar-refractivity contribution is 0.194. The second-order valence-corrected chi connectivity index (χ2v) is 8.54. The first-order valence-electron chi connectivity index (χ1n) is 11.5. The van der Waals surface area contributed by atoms with E-state index in [1.165, 1.54) is 16.5 Å². The van der Waals surface area contributed by atoms with Gasteiger partial charge in [0, 0.05) is 32.7 Å². The highest BCUT2D eigenvalue weighted by Crippen LogP contribution is 2.27. The van der Waals surface area contributed by atoms with Crippen LogP contribution in [0.15, 0.2) is 72.8 Å². The van der Waals surface area contributed by atoms with Crippen molar-refractivity contribution in [1.82, 2.24) is 20.0 Å². The standard InChI is InChI=1S/C27H29N5O/c1-20-26(21(2)32(29-20)24-12-4-3-5-13-24)30-15-17-31(18-16-30)27(33)28-19-23-11-8-10-22-9-6-7-14-25(22)23/h3-14H,15-19H2,1-2H3,(H,28,33). The van der Waals surface area contributed by atoms with Crippen LogP contribution in [0.25, 0.3) is 16.5 Å². The van der Waals surface area contributed by atoms with Crippen LogP contribution in [0.1, 0.15) is 17.0 Å².